The molecule has 5 atom stereocenters. The van der Waals surface area contributed by atoms with Gasteiger partial charge in [-0.1, -0.05) is 291 Å². The Bertz CT molecular complexity index is 2360. The van der Waals surface area contributed by atoms with Gasteiger partial charge in [-0.2, -0.15) is 0 Å². The van der Waals surface area contributed by atoms with Gasteiger partial charge in [-0.25, -0.2) is 9.13 Å². The Morgan fingerprint density at radius 3 is 0.804 bits per heavy atom. The number of allylic oxidation sites excluding steroid dienone is 18. The van der Waals surface area contributed by atoms with Crippen molar-refractivity contribution in [3.8, 4) is 0 Å². The molecule has 0 aliphatic carbocycles. The molecule has 5 unspecified atom stereocenters. The maximum atomic E-state index is 13.1. The second kappa shape index (κ2) is 75.0. The minimum atomic E-state index is -4.99. The van der Waals surface area contributed by atoms with Gasteiger partial charge in [-0.15, -0.1) is 0 Å². The van der Waals surface area contributed by atoms with Gasteiger partial charge in [0.2, 0.25) is 0 Å². The zero-order chi connectivity index (χ0) is 74.6. The van der Waals surface area contributed by atoms with Crippen LogP contribution in [0.5, 0.6) is 0 Å². The molecule has 0 amide bonds. The van der Waals surface area contributed by atoms with Crippen LogP contribution in [0.4, 0.5) is 0 Å². The summed E-state index contributed by atoms with van der Waals surface area (Å²) in [6.45, 7) is 4.61. The summed E-state index contributed by atoms with van der Waals surface area (Å²) in [5, 5.41) is 10.6. The monoisotopic (exact) mass is 1470 g/mol. The average molecular weight is 1480 g/mol. The highest BCUT2D eigenvalue weighted by Gasteiger charge is 2.30. The third-order valence-electron chi connectivity index (χ3n) is 16.7. The Balaban J connectivity index is 5.38. The van der Waals surface area contributed by atoms with E-state index in [9.17, 15) is 43.2 Å². The fourth-order valence-corrected chi connectivity index (χ4v) is 12.2. The van der Waals surface area contributed by atoms with Gasteiger partial charge in [-0.05, 0) is 128 Å². The molecule has 0 aliphatic heterocycles. The molecular weight excluding hydrogens is 1330 g/mol. The smallest absolute Gasteiger partial charge is 0.462 e. The minimum absolute atomic E-state index is 0.0665. The van der Waals surface area contributed by atoms with Gasteiger partial charge in [0.05, 0.1) is 26.4 Å². The van der Waals surface area contributed by atoms with E-state index in [4.69, 9.17) is 37.0 Å². The molecule has 0 aromatic heterocycles. The van der Waals surface area contributed by atoms with Gasteiger partial charge in [0.25, 0.3) is 0 Å². The number of unbranched alkanes of at least 4 members (excludes halogenated alkanes) is 31. The molecule has 0 saturated heterocycles. The van der Waals surface area contributed by atoms with Crippen molar-refractivity contribution in [2.75, 3.05) is 39.6 Å². The molecule has 0 aromatic carbocycles. The molecule has 102 heavy (non-hydrogen) atoms. The number of carbonyl (C=O) groups is 4. The van der Waals surface area contributed by atoms with E-state index in [1.54, 1.807) is 0 Å². The number of hydrogen-bond donors (Lipinski definition) is 3. The average Bonchev–Trinajstić information content (AvgIpc) is 0.924. The lowest BCUT2D eigenvalue weighted by Crippen LogP contribution is -2.30. The van der Waals surface area contributed by atoms with E-state index >= 15 is 0 Å². The first kappa shape index (κ1) is 97.7. The van der Waals surface area contributed by atoms with Crippen molar-refractivity contribution in [3.63, 3.8) is 0 Å². The summed E-state index contributed by atoms with van der Waals surface area (Å²) in [6.07, 6.45) is 80.6. The van der Waals surface area contributed by atoms with Crippen molar-refractivity contribution in [3.05, 3.63) is 109 Å². The largest absolute Gasteiger partial charge is 0.472 e. The van der Waals surface area contributed by atoms with Crippen molar-refractivity contribution < 1.29 is 80.2 Å². The van der Waals surface area contributed by atoms with Crippen LogP contribution in [0.25, 0.3) is 0 Å². The Morgan fingerprint density at radius 2 is 0.510 bits per heavy atom. The molecular formula is C83H144O17P2. The summed E-state index contributed by atoms with van der Waals surface area (Å²) < 4.78 is 68.6. The van der Waals surface area contributed by atoms with Crippen LogP contribution in [0.2, 0.25) is 0 Å². The van der Waals surface area contributed by atoms with Crippen LogP contribution in [-0.4, -0.2) is 96.7 Å². The van der Waals surface area contributed by atoms with Crippen LogP contribution in [0.1, 0.15) is 336 Å². The topological polar surface area (TPSA) is 237 Å². The second-order valence-corrected chi connectivity index (χ2v) is 29.5. The minimum Gasteiger partial charge on any atom is -0.462 e. The first-order chi connectivity index (χ1) is 49.7. The third kappa shape index (κ3) is 74.0. The van der Waals surface area contributed by atoms with Gasteiger partial charge in [0.1, 0.15) is 19.3 Å². The maximum absolute atomic E-state index is 13.1. The highest BCUT2D eigenvalue weighted by Crippen LogP contribution is 2.45. The molecule has 0 fully saturated rings. The molecule has 0 spiro atoms. The lowest BCUT2D eigenvalue weighted by molar-refractivity contribution is -0.161. The lowest BCUT2D eigenvalue weighted by Gasteiger charge is -2.21. The molecule has 0 bridgehead atoms. The van der Waals surface area contributed by atoms with Crippen molar-refractivity contribution >= 4 is 39.5 Å². The number of ether oxygens (including phenoxy) is 4. The Morgan fingerprint density at radius 1 is 0.284 bits per heavy atom. The Labute approximate surface area is 619 Å². The fraction of sp³-hybridized carbons (Fsp3) is 0.735. The molecule has 0 rings (SSSR count). The highest BCUT2D eigenvalue weighted by molar-refractivity contribution is 7.47. The molecule has 0 heterocycles. The Hall–Kier alpha value is -4.28. The summed E-state index contributed by atoms with van der Waals surface area (Å²) in [5.41, 5.74) is 0. The second-order valence-electron chi connectivity index (χ2n) is 26.6. The van der Waals surface area contributed by atoms with Crippen molar-refractivity contribution in [2.45, 2.75) is 354 Å². The van der Waals surface area contributed by atoms with E-state index in [1.165, 1.54) is 89.9 Å². The number of esters is 4. The van der Waals surface area contributed by atoms with Crippen LogP contribution in [-0.2, 0) is 65.4 Å². The van der Waals surface area contributed by atoms with Crippen LogP contribution < -0.4 is 0 Å². The maximum Gasteiger partial charge on any atom is 0.472 e. The van der Waals surface area contributed by atoms with Gasteiger partial charge < -0.3 is 33.8 Å². The molecule has 0 saturated carbocycles. The number of phosphoric ester groups is 2. The summed E-state index contributed by atoms with van der Waals surface area (Å²) >= 11 is 0. The number of carbonyl (C=O) groups excluding carboxylic acids is 4. The van der Waals surface area contributed by atoms with Gasteiger partial charge in [-0.3, -0.25) is 37.3 Å². The number of rotatable bonds is 75. The van der Waals surface area contributed by atoms with Crippen LogP contribution in [0.3, 0.4) is 0 Å². The van der Waals surface area contributed by atoms with E-state index in [-0.39, 0.29) is 25.7 Å². The van der Waals surface area contributed by atoms with Crippen LogP contribution in [0, 0.1) is 0 Å². The highest BCUT2D eigenvalue weighted by atomic mass is 31.2. The fourth-order valence-electron chi connectivity index (χ4n) is 10.7. The van der Waals surface area contributed by atoms with Gasteiger partial charge in [0.15, 0.2) is 12.2 Å². The van der Waals surface area contributed by atoms with Crippen molar-refractivity contribution in [1.82, 2.24) is 0 Å². The van der Waals surface area contributed by atoms with E-state index in [1.807, 2.05) is 0 Å². The molecule has 588 valence electrons. The summed E-state index contributed by atoms with van der Waals surface area (Å²) in [5.74, 6) is -2.22. The molecule has 19 heteroatoms. The molecule has 0 aliphatic rings. The van der Waals surface area contributed by atoms with E-state index in [2.05, 4.69) is 137 Å². The van der Waals surface area contributed by atoms with Crippen LogP contribution >= 0.6 is 15.6 Å². The first-order valence-corrected chi connectivity index (χ1v) is 43.1. The number of hydrogen-bond acceptors (Lipinski definition) is 15. The molecule has 3 N–H and O–H groups in total. The zero-order valence-corrected chi connectivity index (χ0v) is 66.0. The summed E-state index contributed by atoms with van der Waals surface area (Å²) in [4.78, 5) is 73.0. The van der Waals surface area contributed by atoms with Crippen LogP contribution in [0.15, 0.2) is 109 Å². The quantitative estimate of drug-likeness (QED) is 0.0169. The van der Waals surface area contributed by atoms with Crippen molar-refractivity contribution in [2.24, 2.45) is 0 Å². The molecule has 17 nitrogen and oxygen atoms in total. The predicted molar refractivity (Wildman–Crippen MR) is 418 cm³/mol. The molecule has 0 aromatic rings. The number of phosphoric acid groups is 2. The number of aliphatic hydroxyl groups excluding tert-OH is 1. The van der Waals surface area contributed by atoms with E-state index in [0.717, 1.165) is 167 Å². The number of aliphatic hydroxyl groups is 1. The van der Waals surface area contributed by atoms with Gasteiger partial charge in [0, 0.05) is 25.7 Å². The summed E-state index contributed by atoms with van der Waals surface area (Å²) in [6, 6.07) is 0. The first-order valence-electron chi connectivity index (χ1n) is 40.1. The zero-order valence-electron chi connectivity index (χ0n) is 64.3. The summed E-state index contributed by atoms with van der Waals surface area (Å²) in [7, 11) is -9.97. The van der Waals surface area contributed by atoms with E-state index < -0.39 is 97.5 Å². The SMILES string of the molecule is CC/C=C\C/C=C\C/C=C\C/C=C\C/C=C\CCCCCC(=O)OCC(COP(=O)(O)OCC(O)COP(=O)(O)OCC(COC(=O)CCCCCCC/C=C\CCCCCCCC)OC(=O)CCCCCCCCCCCCCCC)OC(=O)CCCCCCC/C=C\C/C=C\C/C=C\CC. The standard InChI is InChI=1S/C83H144O17P2/c1-5-9-13-17-21-25-29-33-36-37-38-39-42-45-48-52-56-60-64-68-81(86)94-74-79(100-83(88)70-66-62-58-54-50-46-41-35-31-27-23-19-15-11-7-3)76-98-102(91,92)96-72-77(84)71-95-101(89,90)97-75-78(99-82(87)69-65-61-57-53-49-43-32-28-24-20-16-12-8-4)73-93-80(85)67-63-59-55-51-47-44-40-34-30-26-22-18-14-10-6-2/h9,11,13,15,21,23,25,27,33-36,38-41,45,48,77-79,84H,5-8,10,12,14,16-20,22,24,26,28-32,37,42-44,46-47,49-76H2,1-4H3,(H,89,90)(H,91,92)/b13-9-,15-11-,25-21-,27-23-,36-33-,39-38-,40-34-,41-35-,48-45-. The normalized spacial score (nSPS) is 14.5. The Kier molecular flexibility index (Phi) is 71.8. The third-order valence-corrected chi connectivity index (χ3v) is 18.6. The lowest BCUT2D eigenvalue weighted by atomic mass is 10.0. The molecule has 0 radical (unpaired) electrons. The predicted octanol–water partition coefficient (Wildman–Crippen LogP) is 23.3. The van der Waals surface area contributed by atoms with E-state index in [0.29, 0.717) is 25.7 Å². The van der Waals surface area contributed by atoms with Gasteiger partial charge >= 0.3 is 39.5 Å². The van der Waals surface area contributed by atoms with Crippen molar-refractivity contribution in [1.29, 1.82) is 0 Å².